The molecule has 0 saturated heterocycles. The predicted molar refractivity (Wildman–Crippen MR) is 99.9 cm³/mol. The normalized spacial score (nSPS) is 10.0. The molecule has 0 fully saturated rings. The maximum atomic E-state index is 12.9. The van der Waals surface area contributed by atoms with Crippen LogP contribution in [0.1, 0.15) is 10.4 Å². The number of hydrazine groups is 2. The van der Waals surface area contributed by atoms with Crippen molar-refractivity contribution in [3.63, 3.8) is 0 Å². The highest BCUT2D eigenvalue weighted by molar-refractivity contribution is 5.95. The van der Waals surface area contributed by atoms with Crippen molar-refractivity contribution >= 4 is 28.9 Å². The van der Waals surface area contributed by atoms with E-state index in [0.29, 0.717) is 5.69 Å². The summed E-state index contributed by atoms with van der Waals surface area (Å²) in [5, 5.41) is 11.5. The second kappa shape index (κ2) is 8.40. The number of nitrogens with one attached hydrogen (secondary N) is 4. The Kier molecular flexibility index (Phi) is 5.55. The van der Waals surface area contributed by atoms with E-state index in [-0.39, 0.29) is 17.2 Å². The number of hydrogen-bond donors (Lipinski definition) is 4. The van der Waals surface area contributed by atoms with Crippen LogP contribution in [0.2, 0.25) is 0 Å². The molecule has 142 valence electrons. The van der Waals surface area contributed by atoms with E-state index in [4.69, 9.17) is 0 Å². The molecule has 28 heavy (non-hydrogen) atoms. The van der Waals surface area contributed by atoms with Gasteiger partial charge in [0.05, 0.1) is 10.6 Å². The van der Waals surface area contributed by atoms with Crippen molar-refractivity contribution in [2.24, 2.45) is 0 Å². The summed E-state index contributed by atoms with van der Waals surface area (Å²) < 4.78 is 12.9. The summed E-state index contributed by atoms with van der Waals surface area (Å²) in [4.78, 5) is 30.5. The Bertz CT molecular complexity index is 984. The maximum absolute atomic E-state index is 12.9. The number of nitrogens with zero attached hydrogens (tertiary/aromatic N) is 3. The summed E-state index contributed by atoms with van der Waals surface area (Å²) in [6.07, 6.45) is 1.09. The Morgan fingerprint density at radius 2 is 1.57 bits per heavy atom. The lowest BCUT2D eigenvalue weighted by Crippen LogP contribution is -2.30. The van der Waals surface area contributed by atoms with Crippen molar-refractivity contribution in [3.05, 3.63) is 82.4 Å². The minimum atomic E-state index is -0.693. The first-order chi connectivity index (χ1) is 13.5. The number of benzene rings is 2. The molecule has 0 radical (unpaired) electrons. The first-order valence-corrected chi connectivity index (χ1v) is 7.93. The molecule has 1 heterocycles. The summed E-state index contributed by atoms with van der Waals surface area (Å²) in [7, 11) is 0. The molecular weight excluding hydrogens is 369 g/mol. The van der Waals surface area contributed by atoms with Crippen LogP contribution in [-0.2, 0) is 0 Å². The SMILES string of the molecule is O=C(NNc1ncnc(NNc2ccccc2)c1[N+](=O)[O-])c1ccc(F)cc1. The van der Waals surface area contributed by atoms with Crippen LogP contribution in [0.3, 0.4) is 0 Å². The molecule has 1 aromatic heterocycles. The average molecular weight is 383 g/mol. The first kappa shape index (κ1) is 18.5. The summed E-state index contributed by atoms with van der Waals surface area (Å²) in [5.74, 6) is -1.45. The van der Waals surface area contributed by atoms with Gasteiger partial charge in [0.15, 0.2) is 0 Å². The van der Waals surface area contributed by atoms with E-state index in [1.165, 1.54) is 12.1 Å². The van der Waals surface area contributed by atoms with Crippen LogP contribution in [0, 0.1) is 15.9 Å². The quantitative estimate of drug-likeness (QED) is 0.361. The molecule has 1 amide bonds. The molecule has 0 atom stereocenters. The summed E-state index contributed by atoms with van der Waals surface area (Å²) >= 11 is 0. The fourth-order valence-electron chi connectivity index (χ4n) is 2.18. The molecule has 10 nitrogen and oxygen atoms in total. The Balaban J connectivity index is 1.74. The molecule has 0 saturated carbocycles. The molecule has 0 bridgehead atoms. The van der Waals surface area contributed by atoms with Crippen molar-refractivity contribution in [2.45, 2.75) is 0 Å². The zero-order valence-electron chi connectivity index (χ0n) is 14.2. The Hall–Kier alpha value is -4.28. The third-order valence-corrected chi connectivity index (χ3v) is 3.50. The molecule has 3 rings (SSSR count). The van der Waals surface area contributed by atoms with E-state index in [2.05, 4.69) is 31.7 Å². The Morgan fingerprint density at radius 3 is 2.21 bits per heavy atom. The third-order valence-electron chi connectivity index (χ3n) is 3.50. The Labute approximate surface area is 157 Å². The number of carbonyl (C=O) groups is 1. The number of nitro groups is 1. The number of para-hydroxylation sites is 1. The molecule has 0 aliphatic rings. The zero-order chi connectivity index (χ0) is 19.9. The van der Waals surface area contributed by atoms with Gasteiger partial charge in [-0.2, -0.15) is 0 Å². The molecular formula is C17H14FN7O3. The largest absolute Gasteiger partial charge is 0.356 e. The van der Waals surface area contributed by atoms with E-state index in [9.17, 15) is 19.3 Å². The number of carbonyl (C=O) groups excluding carboxylic acids is 1. The van der Waals surface area contributed by atoms with Gasteiger partial charge in [-0.05, 0) is 36.4 Å². The van der Waals surface area contributed by atoms with Crippen LogP contribution in [0.5, 0.6) is 0 Å². The van der Waals surface area contributed by atoms with E-state index in [1.54, 1.807) is 24.3 Å². The van der Waals surface area contributed by atoms with Gasteiger partial charge >= 0.3 is 5.69 Å². The molecule has 0 aliphatic heterocycles. The summed E-state index contributed by atoms with van der Waals surface area (Å²) in [6.45, 7) is 0. The highest BCUT2D eigenvalue weighted by Gasteiger charge is 2.23. The second-order valence-corrected chi connectivity index (χ2v) is 5.38. The summed E-state index contributed by atoms with van der Waals surface area (Å²) in [6, 6.07) is 13.7. The van der Waals surface area contributed by atoms with Crippen LogP contribution in [0.25, 0.3) is 0 Å². The highest BCUT2D eigenvalue weighted by atomic mass is 19.1. The van der Waals surface area contributed by atoms with Crippen LogP contribution in [0.15, 0.2) is 60.9 Å². The maximum Gasteiger partial charge on any atom is 0.356 e. The van der Waals surface area contributed by atoms with E-state index in [1.807, 2.05) is 6.07 Å². The smallest absolute Gasteiger partial charge is 0.299 e. The minimum Gasteiger partial charge on any atom is -0.299 e. The van der Waals surface area contributed by atoms with Gasteiger partial charge in [-0.1, -0.05) is 18.2 Å². The van der Waals surface area contributed by atoms with Gasteiger partial charge in [-0.3, -0.25) is 36.6 Å². The predicted octanol–water partition coefficient (Wildman–Crippen LogP) is 2.72. The lowest BCUT2D eigenvalue weighted by Gasteiger charge is -2.12. The van der Waals surface area contributed by atoms with Crippen LogP contribution >= 0.6 is 0 Å². The summed E-state index contributed by atoms with van der Waals surface area (Å²) in [5.41, 5.74) is 10.4. The zero-order valence-corrected chi connectivity index (χ0v) is 14.2. The van der Waals surface area contributed by atoms with Gasteiger partial charge < -0.3 is 0 Å². The lowest BCUT2D eigenvalue weighted by atomic mass is 10.2. The molecule has 4 N–H and O–H groups in total. The van der Waals surface area contributed by atoms with Crippen molar-refractivity contribution in [1.82, 2.24) is 15.4 Å². The number of anilines is 3. The van der Waals surface area contributed by atoms with Gasteiger partial charge in [-0.25, -0.2) is 14.4 Å². The van der Waals surface area contributed by atoms with Crippen LogP contribution in [-0.4, -0.2) is 20.8 Å². The Morgan fingerprint density at radius 1 is 0.929 bits per heavy atom. The molecule has 11 heteroatoms. The number of rotatable bonds is 7. The van der Waals surface area contributed by atoms with Crippen LogP contribution < -0.4 is 21.7 Å². The lowest BCUT2D eigenvalue weighted by molar-refractivity contribution is -0.383. The number of hydrogen-bond acceptors (Lipinski definition) is 8. The van der Waals surface area contributed by atoms with Crippen molar-refractivity contribution in [2.75, 3.05) is 16.3 Å². The second-order valence-electron chi connectivity index (χ2n) is 5.38. The standard InChI is InChI=1S/C17H14FN7O3/c18-12-8-6-11(7-9-12)17(26)24-23-16-14(25(27)28)15(19-10-20-16)22-21-13-4-2-1-3-5-13/h1-10,21H,(H,24,26)(H2,19,20,22,23). The van der Waals surface area contributed by atoms with Gasteiger partial charge in [0, 0.05) is 5.56 Å². The van der Waals surface area contributed by atoms with Gasteiger partial charge in [0.1, 0.15) is 12.1 Å². The third kappa shape index (κ3) is 4.46. The first-order valence-electron chi connectivity index (χ1n) is 7.93. The fraction of sp³-hybridized carbons (Fsp3) is 0. The molecule has 3 aromatic rings. The van der Waals surface area contributed by atoms with E-state index >= 15 is 0 Å². The van der Waals surface area contributed by atoms with E-state index < -0.39 is 22.3 Å². The molecule has 0 aliphatic carbocycles. The van der Waals surface area contributed by atoms with Gasteiger partial charge in [-0.15, -0.1) is 0 Å². The number of amides is 1. The molecule has 2 aromatic carbocycles. The number of aromatic nitrogens is 2. The average Bonchev–Trinajstić information content (AvgIpc) is 2.71. The van der Waals surface area contributed by atoms with E-state index in [0.717, 1.165) is 18.5 Å². The number of halogens is 1. The molecule has 0 spiro atoms. The topological polar surface area (TPSA) is 134 Å². The van der Waals surface area contributed by atoms with Crippen molar-refractivity contribution in [1.29, 1.82) is 0 Å². The van der Waals surface area contributed by atoms with Gasteiger partial charge in [0.25, 0.3) is 5.91 Å². The minimum absolute atomic E-state index is 0.109. The monoisotopic (exact) mass is 383 g/mol. The highest BCUT2D eigenvalue weighted by Crippen LogP contribution is 2.28. The van der Waals surface area contributed by atoms with Crippen molar-refractivity contribution in [3.8, 4) is 0 Å². The molecule has 0 unspecified atom stereocenters. The fourth-order valence-corrected chi connectivity index (χ4v) is 2.18. The van der Waals surface area contributed by atoms with Crippen LogP contribution in [0.4, 0.5) is 27.4 Å². The van der Waals surface area contributed by atoms with Gasteiger partial charge in [0.2, 0.25) is 11.6 Å². The van der Waals surface area contributed by atoms with Crippen molar-refractivity contribution < 1.29 is 14.1 Å².